The molecule has 1 aromatic heterocycles. The molecule has 8 heteroatoms. The molecule has 7 nitrogen and oxygen atoms in total. The fraction of sp³-hybridized carbons (Fsp3) is 0.294. The van der Waals surface area contributed by atoms with Gasteiger partial charge in [0, 0.05) is 29.6 Å². The Morgan fingerprint density at radius 1 is 1.36 bits per heavy atom. The number of fused-ring (bicyclic) bond motifs is 1. The molecule has 0 radical (unpaired) electrons. The van der Waals surface area contributed by atoms with Gasteiger partial charge < -0.3 is 10.1 Å². The lowest BCUT2D eigenvalue weighted by atomic mass is 10.2. The average molecular weight is 359 g/mol. The van der Waals surface area contributed by atoms with Gasteiger partial charge in [0.15, 0.2) is 5.16 Å². The van der Waals surface area contributed by atoms with Gasteiger partial charge in [-0.15, -0.1) is 0 Å². The number of benzene rings is 1. The molecule has 2 aromatic rings. The van der Waals surface area contributed by atoms with Crippen molar-refractivity contribution < 1.29 is 14.3 Å². The predicted octanol–water partition coefficient (Wildman–Crippen LogP) is 2.01. The zero-order chi connectivity index (χ0) is 18.0. The third kappa shape index (κ3) is 3.74. The molecule has 1 amide bonds. The summed E-state index contributed by atoms with van der Waals surface area (Å²) < 4.78 is 6.21. The summed E-state index contributed by atoms with van der Waals surface area (Å²) in [6.45, 7) is 1.78. The average Bonchev–Trinajstić information content (AvgIpc) is 2.97. The van der Waals surface area contributed by atoms with E-state index in [1.807, 2.05) is 0 Å². The summed E-state index contributed by atoms with van der Waals surface area (Å²) in [6.07, 6.45) is 0.184. The van der Waals surface area contributed by atoms with Gasteiger partial charge in [0.2, 0.25) is 5.91 Å². The Hall–Kier alpha value is -2.61. The van der Waals surface area contributed by atoms with Crippen LogP contribution in [0.1, 0.15) is 28.5 Å². The SMILES string of the molecule is COC(=O)c1ccc(NC(=O)CC2CSc3nc(C)cc(=O)n32)cc1. The lowest BCUT2D eigenvalue weighted by Gasteiger charge is -2.13. The number of aryl methyl sites for hydroxylation is 1. The second kappa shape index (κ2) is 7.10. The molecule has 130 valence electrons. The number of amides is 1. The molecule has 2 heterocycles. The first-order valence-electron chi connectivity index (χ1n) is 7.69. The van der Waals surface area contributed by atoms with Crippen LogP contribution in [0.25, 0.3) is 0 Å². The van der Waals surface area contributed by atoms with Crippen LogP contribution in [0, 0.1) is 6.92 Å². The van der Waals surface area contributed by atoms with Gasteiger partial charge in [-0.1, -0.05) is 11.8 Å². The largest absolute Gasteiger partial charge is 0.465 e. The van der Waals surface area contributed by atoms with Crippen molar-refractivity contribution in [3.8, 4) is 0 Å². The number of hydrogen-bond donors (Lipinski definition) is 1. The molecule has 0 saturated carbocycles. The van der Waals surface area contributed by atoms with Crippen LogP contribution in [0.2, 0.25) is 0 Å². The van der Waals surface area contributed by atoms with Crippen molar-refractivity contribution in [3.05, 3.63) is 51.9 Å². The Kier molecular flexibility index (Phi) is 4.89. The minimum absolute atomic E-state index is 0.132. The van der Waals surface area contributed by atoms with E-state index in [4.69, 9.17) is 0 Å². The number of nitrogens with one attached hydrogen (secondary N) is 1. The van der Waals surface area contributed by atoms with Crippen LogP contribution in [-0.4, -0.2) is 34.3 Å². The summed E-state index contributed by atoms with van der Waals surface area (Å²) in [6, 6.07) is 7.71. The molecule has 0 aliphatic carbocycles. The van der Waals surface area contributed by atoms with Crippen LogP contribution in [0.3, 0.4) is 0 Å². The molecule has 25 heavy (non-hydrogen) atoms. The number of esters is 1. The maximum Gasteiger partial charge on any atom is 0.337 e. The number of anilines is 1. The predicted molar refractivity (Wildman–Crippen MR) is 94.0 cm³/mol. The molecule has 0 fully saturated rings. The van der Waals surface area contributed by atoms with E-state index >= 15 is 0 Å². The number of hydrogen-bond acceptors (Lipinski definition) is 6. The van der Waals surface area contributed by atoms with Crippen LogP contribution >= 0.6 is 11.8 Å². The third-order valence-electron chi connectivity index (χ3n) is 3.83. The van der Waals surface area contributed by atoms with E-state index in [1.54, 1.807) is 35.8 Å². The second-order valence-corrected chi connectivity index (χ2v) is 6.66. The van der Waals surface area contributed by atoms with Gasteiger partial charge in [-0.25, -0.2) is 9.78 Å². The van der Waals surface area contributed by atoms with Crippen LogP contribution < -0.4 is 10.9 Å². The quantitative estimate of drug-likeness (QED) is 0.663. The Morgan fingerprint density at radius 2 is 2.08 bits per heavy atom. The number of methoxy groups -OCH3 is 1. The van der Waals surface area contributed by atoms with Gasteiger partial charge in [-0.3, -0.25) is 14.2 Å². The first-order valence-corrected chi connectivity index (χ1v) is 8.67. The van der Waals surface area contributed by atoms with Crippen molar-refractivity contribution in [3.63, 3.8) is 0 Å². The summed E-state index contributed by atoms with van der Waals surface area (Å²) in [5, 5.41) is 3.44. The third-order valence-corrected chi connectivity index (χ3v) is 4.93. The highest BCUT2D eigenvalue weighted by atomic mass is 32.2. The second-order valence-electron chi connectivity index (χ2n) is 5.67. The van der Waals surface area contributed by atoms with Crippen LogP contribution in [0.15, 0.2) is 40.3 Å². The highest BCUT2D eigenvalue weighted by Gasteiger charge is 2.27. The molecular formula is C17H17N3O4S. The normalized spacial score (nSPS) is 15.5. The molecular weight excluding hydrogens is 342 g/mol. The molecule has 1 N–H and O–H groups in total. The van der Waals surface area contributed by atoms with Crippen molar-refractivity contribution in [2.45, 2.75) is 24.5 Å². The van der Waals surface area contributed by atoms with Gasteiger partial charge >= 0.3 is 5.97 Å². The molecule has 1 aromatic carbocycles. The van der Waals surface area contributed by atoms with Crippen LogP contribution in [-0.2, 0) is 9.53 Å². The fourth-order valence-corrected chi connectivity index (χ4v) is 3.84. The highest BCUT2D eigenvalue weighted by molar-refractivity contribution is 7.99. The Labute approximate surface area is 148 Å². The van der Waals surface area contributed by atoms with E-state index in [0.29, 0.717) is 27.9 Å². The van der Waals surface area contributed by atoms with Gasteiger partial charge in [0.05, 0.1) is 18.7 Å². The lowest BCUT2D eigenvalue weighted by molar-refractivity contribution is -0.116. The van der Waals surface area contributed by atoms with E-state index in [2.05, 4.69) is 15.0 Å². The monoisotopic (exact) mass is 359 g/mol. The van der Waals surface area contributed by atoms with Gasteiger partial charge in [0.25, 0.3) is 5.56 Å². The Balaban J connectivity index is 1.67. The highest BCUT2D eigenvalue weighted by Crippen LogP contribution is 2.32. The smallest absolute Gasteiger partial charge is 0.337 e. The van der Waals surface area contributed by atoms with E-state index in [-0.39, 0.29) is 23.9 Å². The molecule has 0 spiro atoms. The zero-order valence-electron chi connectivity index (χ0n) is 13.8. The van der Waals surface area contributed by atoms with Gasteiger partial charge in [-0.05, 0) is 31.2 Å². The maximum atomic E-state index is 12.3. The van der Waals surface area contributed by atoms with Crippen molar-refractivity contribution in [1.82, 2.24) is 9.55 Å². The van der Waals surface area contributed by atoms with Gasteiger partial charge in [-0.2, -0.15) is 0 Å². The zero-order valence-corrected chi connectivity index (χ0v) is 14.6. The number of rotatable bonds is 4. The summed E-state index contributed by atoms with van der Waals surface area (Å²) in [5.74, 6) is 0.0109. The van der Waals surface area contributed by atoms with E-state index < -0.39 is 5.97 Å². The summed E-state index contributed by atoms with van der Waals surface area (Å²) in [5.41, 5.74) is 1.54. The first kappa shape index (κ1) is 17.2. The van der Waals surface area contributed by atoms with Crippen LogP contribution in [0.5, 0.6) is 0 Å². The van der Waals surface area contributed by atoms with Crippen molar-refractivity contribution in [2.75, 3.05) is 18.2 Å². The maximum absolute atomic E-state index is 12.3. The van der Waals surface area contributed by atoms with E-state index in [0.717, 1.165) is 0 Å². The molecule has 1 aliphatic heterocycles. The number of thioether (sulfide) groups is 1. The first-order chi connectivity index (χ1) is 12.0. The molecule has 0 saturated heterocycles. The van der Waals surface area contributed by atoms with E-state index in [9.17, 15) is 14.4 Å². The Bertz CT molecular complexity index is 876. The van der Waals surface area contributed by atoms with Crippen molar-refractivity contribution in [2.24, 2.45) is 0 Å². The molecule has 1 atom stereocenters. The number of carbonyl (C=O) groups excluding carboxylic acids is 2. The molecule has 1 aliphatic rings. The Morgan fingerprint density at radius 3 is 2.76 bits per heavy atom. The van der Waals surface area contributed by atoms with Crippen LogP contribution in [0.4, 0.5) is 5.69 Å². The fourth-order valence-electron chi connectivity index (χ4n) is 2.65. The van der Waals surface area contributed by atoms with Gasteiger partial charge in [0.1, 0.15) is 0 Å². The number of ether oxygens (including phenoxy) is 1. The number of nitrogens with zero attached hydrogens (tertiary/aromatic N) is 2. The summed E-state index contributed by atoms with van der Waals surface area (Å²) in [4.78, 5) is 40.2. The molecule has 1 unspecified atom stereocenters. The molecule has 3 rings (SSSR count). The lowest BCUT2D eigenvalue weighted by Crippen LogP contribution is -2.27. The minimum Gasteiger partial charge on any atom is -0.465 e. The van der Waals surface area contributed by atoms with Crippen molar-refractivity contribution >= 4 is 29.3 Å². The standard InChI is InChI=1S/C17H17N3O4S/c1-10-7-15(22)20-13(9-25-17(20)18-10)8-14(21)19-12-5-3-11(4-6-12)16(23)24-2/h3-7,13H,8-9H2,1-2H3,(H,19,21). The number of aromatic nitrogens is 2. The molecule has 0 bridgehead atoms. The number of carbonyl (C=O) groups is 2. The minimum atomic E-state index is -0.431. The van der Waals surface area contributed by atoms with E-state index in [1.165, 1.54) is 24.9 Å². The summed E-state index contributed by atoms with van der Waals surface area (Å²) >= 11 is 1.48. The summed E-state index contributed by atoms with van der Waals surface area (Å²) in [7, 11) is 1.31. The topological polar surface area (TPSA) is 90.3 Å². The van der Waals surface area contributed by atoms with Crippen molar-refractivity contribution in [1.29, 1.82) is 0 Å².